The first kappa shape index (κ1) is 30.2. The molecule has 7 nitrogen and oxygen atoms in total. The molecule has 0 aliphatic heterocycles. The molecule has 0 heterocycles. The van der Waals surface area contributed by atoms with Gasteiger partial charge in [0.25, 0.3) is 0 Å². The van der Waals surface area contributed by atoms with E-state index < -0.39 is 29.8 Å². The van der Waals surface area contributed by atoms with Gasteiger partial charge in [-0.1, -0.05) is 58.3 Å². The molecule has 1 amide bonds. The van der Waals surface area contributed by atoms with Gasteiger partial charge in [-0.2, -0.15) is 0 Å². The molecule has 0 aromatic rings. The second-order valence-corrected chi connectivity index (χ2v) is 7.25. The molecule has 0 radical (unpaired) electrons. The number of carboxylic acids is 2. The summed E-state index contributed by atoms with van der Waals surface area (Å²) in [4.78, 5) is 34.7. The zero-order valence-electron chi connectivity index (χ0n) is 18.8. The Hall–Kier alpha value is 0.00636. The number of amides is 1. The number of aliphatic carboxylic acids is 2. The van der Waals surface area contributed by atoms with Gasteiger partial charge in [-0.25, -0.2) is 4.79 Å². The van der Waals surface area contributed by atoms with Crippen molar-refractivity contribution in [2.24, 2.45) is 11.7 Å². The minimum absolute atomic E-state index is 0. The molecule has 0 spiro atoms. The fourth-order valence-electron chi connectivity index (χ4n) is 3.06. The molecule has 0 bridgehead atoms. The van der Waals surface area contributed by atoms with Crippen LogP contribution in [0.3, 0.4) is 0 Å². The molecule has 160 valence electrons. The fourth-order valence-corrected chi connectivity index (χ4v) is 3.06. The predicted octanol–water partition coefficient (Wildman–Crippen LogP) is 0.423. The van der Waals surface area contributed by atoms with Crippen LogP contribution in [0.15, 0.2) is 0 Å². The Morgan fingerprint density at radius 3 is 1.89 bits per heavy atom. The van der Waals surface area contributed by atoms with Gasteiger partial charge in [-0.15, -0.1) is 0 Å². The average molecular weight is 427 g/mol. The molecule has 2 atom stereocenters. The number of nitrogens with two attached hydrogens (primary N) is 1. The smallest absolute Gasteiger partial charge is 1.00 e. The van der Waals surface area contributed by atoms with Crippen LogP contribution in [0.4, 0.5) is 0 Å². The van der Waals surface area contributed by atoms with Crippen molar-refractivity contribution in [3.8, 4) is 0 Å². The third-order valence-corrected chi connectivity index (χ3v) is 4.77. The van der Waals surface area contributed by atoms with Crippen molar-refractivity contribution in [2.45, 2.75) is 96.4 Å². The summed E-state index contributed by atoms with van der Waals surface area (Å²) in [5.41, 5.74) is 5.39. The first-order valence-corrected chi connectivity index (χ1v) is 10.4. The van der Waals surface area contributed by atoms with Crippen LogP contribution in [0.5, 0.6) is 0 Å². The zero-order chi connectivity index (χ0) is 20.5. The third kappa shape index (κ3) is 16.9. The quantitative estimate of drug-likeness (QED) is 0.186. The monoisotopic (exact) mass is 426 g/mol. The van der Waals surface area contributed by atoms with Gasteiger partial charge in [0.15, 0.2) is 0 Å². The van der Waals surface area contributed by atoms with Crippen LogP contribution in [0.1, 0.15) is 91.8 Å². The van der Waals surface area contributed by atoms with E-state index >= 15 is 0 Å². The van der Waals surface area contributed by atoms with Crippen molar-refractivity contribution in [3.05, 3.63) is 0 Å². The van der Waals surface area contributed by atoms with Crippen molar-refractivity contribution >= 4 is 17.8 Å². The second kappa shape index (κ2) is 20.3. The first-order chi connectivity index (χ1) is 12.9. The number of unbranched alkanes of at least 4 members (excludes halogenated alkanes) is 8. The van der Waals surface area contributed by atoms with E-state index in [1.165, 1.54) is 32.1 Å². The van der Waals surface area contributed by atoms with Crippen molar-refractivity contribution in [1.29, 1.82) is 0 Å². The summed E-state index contributed by atoms with van der Waals surface area (Å²) < 4.78 is 0. The van der Waals surface area contributed by atoms with Crippen molar-refractivity contribution in [1.82, 2.24) is 5.32 Å². The van der Waals surface area contributed by atoms with Crippen LogP contribution in [-0.4, -0.2) is 40.6 Å². The summed E-state index contributed by atoms with van der Waals surface area (Å²) in [5.74, 6) is -3.37. The SMILES string of the molecule is CCCCCCCCCCC(CC(=O)N[C@@H](CCCCN)C(=O)O)C(=O)O.[H-].[K+]. The van der Waals surface area contributed by atoms with Crippen molar-refractivity contribution < 1.29 is 77.4 Å². The summed E-state index contributed by atoms with van der Waals surface area (Å²) in [6, 6.07) is -0.985. The first-order valence-electron chi connectivity index (χ1n) is 10.4. The summed E-state index contributed by atoms with van der Waals surface area (Å²) in [7, 11) is 0. The number of hydrogen-bond donors (Lipinski definition) is 4. The Kier molecular flexibility index (Phi) is 21.9. The van der Waals surface area contributed by atoms with Crippen molar-refractivity contribution in [2.75, 3.05) is 6.54 Å². The number of rotatable bonds is 18. The molecule has 0 saturated heterocycles. The topological polar surface area (TPSA) is 130 Å². The maximum Gasteiger partial charge on any atom is 1.00 e. The average Bonchev–Trinajstić information content (AvgIpc) is 2.61. The van der Waals surface area contributed by atoms with E-state index in [2.05, 4.69) is 12.2 Å². The fraction of sp³-hybridized carbons (Fsp3) is 0.850. The Balaban J connectivity index is -0.00000338. The maximum absolute atomic E-state index is 12.1. The van der Waals surface area contributed by atoms with Crippen LogP contribution < -0.4 is 62.4 Å². The number of carboxylic acid groups (broad SMARTS) is 2. The van der Waals surface area contributed by atoms with Gasteiger partial charge >= 0.3 is 63.3 Å². The van der Waals surface area contributed by atoms with Crippen LogP contribution in [0.25, 0.3) is 0 Å². The zero-order valence-corrected chi connectivity index (χ0v) is 20.9. The van der Waals surface area contributed by atoms with Crippen molar-refractivity contribution in [3.63, 3.8) is 0 Å². The number of hydrogen-bond acceptors (Lipinski definition) is 4. The minimum Gasteiger partial charge on any atom is -1.00 e. The molecular formula is C20H39KN2O5. The predicted molar refractivity (Wildman–Crippen MR) is 107 cm³/mol. The van der Waals surface area contributed by atoms with Gasteiger partial charge in [-0.3, -0.25) is 9.59 Å². The summed E-state index contributed by atoms with van der Waals surface area (Å²) >= 11 is 0. The Bertz CT molecular complexity index is 441. The number of carbonyl (C=O) groups excluding carboxylic acids is 1. The molecule has 0 rings (SSSR count). The largest absolute Gasteiger partial charge is 1.00 e. The van der Waals surface area contributed by atoms with Gasteiger partial charge in [0.2, 0.25) is 5.91 Å². The molecule has 0 aliphatic rings. The van der Waals surface area contributed by atoms with Crippen LogP contribution in [0, 0.1) is 5.92 Å². The normalized spacial score (nSPS) is 12.6. The Morgan fingerprint density at radius 2 is 1.39 bits per heavy atom. The second-order valence-electron chi connectivity index (χ2n) is 7.25. The molecule has 0 fully saturated rings. The van der Waals surface area contributed by atoms with Gasteiger partial charge < -0.3 is 22.7 Å². The number of nitrogens with one attached hydrogen (secondary N) is 1. The summed E-state index contributed by atoms with van der Waals surface area (Å²) in [5, 5.41) is 21.0. The van der Waals surface area contributed by atoms with Crippen LogP contribution in [-0.2, 0) is 14.4 Å². The van der Waals surface area contributed by atoms with Gasteiger partial charge in [0, 0.05) is 6.42 Å². The van der Waals surface area contributed by atoms with Crippen LogP contribution >= 0.6 is 0 Å². The summed E-state index contributed by atoms with van der Waals surface area (Å²) in [6.45, 7) is 2.65. The van der Waals surface area contributed by atoms with Gasteiger partial charge in [0.05, 0.1) is 5.92 Å². The molecule has 0 aliphatic carbocycles. The van der Waals surface area contributed by atoms with Gasteiger partial charge in [0.1, 0.15) is 6.04 Å². The molecule has 8 heteroatoms. The Morgan fingerprint density at radius 1 is 0.857 bits per heavy atom. The third-order valence-electron chi connectivity index (χ3n) is 4.77. The van der Waals surface area contributed by atoms with E-state index in [1.54, 1.807) is 0 Å². The van der Waals surface area contributed by atoms with E-state index in [0.29, 0.717) is 32.2 Å². The number of carbonyl (C=O) groups is 3. The molecular weight excluding hydrogens is 387 g/mol. The van der Waals surface area contributed by atoms with Crippen LogP contribution in [0.2, 0.25) is 0 Å². The molecule has 0 aromatic carbocycles. The standard InChI is InChI=1S/C20H38N2O5.K.H/c1-2-3-4-5-6-7-8-9-12-16(19(24)25)15-18(23)22-17(20(26)27)13-10-11-14-21;;/h16-17H,2-15,21H2,1H3,(H,22,23)(H,24,25)(H,26,27);;/q;+1;-1/t16?,17-;;/m0../s1. The molecule has 0 aromatic heterocycles. The van der Waals surface area contributed by atoms with E-state index in [1.807, 2.05) is 0 Å². The molecule has 0 saturated carbocycles. The van der Waals surface area contributed by atoms with E-state index in [4.69, 9.17) is 5.73 Å². The molecule has 5 N–H and O–H groups in total. The summed E-state index contributed by atoms with van der Waals surface area (Å²) in [6.07, 6.45) is 10.8. The molecule has 1 unspecified atom stereocenters. The van der Waals surface area contributed by atoms with Gasteiger partial charge in [-0.05, 0) is 32.2 Å². The minimum atomic E-state index is -1.10. The maximum atomic E-state index is 12.1. The van der Waals surface area contributed by atoms with E-state index in [9.17, 15) is 24.6 Å². The van der Waals surface area contributed by atoms with E-state index in [0.717, 1.165) is 19.3 Å². The Labute approximate surface area is 213 Å². The molecule has 28 heavy (non-hydrogen) atoms. The van der Waals surface area contributed by atoms with E-state index in [-0.39, 0.29) is 59.2 Å².